The first-order valence-corrected chi connectivity index (χ1v) is 8.32. The van der Waals surface area contributed by atoms with Crippen LogP contribution in [0.4, 0.5) is 4.39 Å². The van der Waals surface area contributed by atoms with Crippen molar-refractivity contribution in [1.82, 2.24) is 0 Å². The van der Waals surface area contributed by atoms with Crippen molar-refractivity contribution in [1.29, 1.82) is 0 Å². The van der Waals surface area contributed by atoms with Gasteiger partial charge in [0.2, 0.25) is 0 Å². The van der Waals surface area contributed by atoms with Crippen LogP contribution in [0.25, 0.3) is 0 Å². The van der Waals surface area contributed by atoms with Crippen molar-refractivity contribution < 1.29 is 22.7 Å². The highest BCUT2D eigenvalue weighted by Gasteiger charge is 2.45. The second-order valence-corrected chi connectivity index (χ2v) is 7.45. The van der Waals surface area contributed by atoms with Crippen LogP contribution in [0.2, 0.25) is 0 Å². The van der Waals surface area contributed by atoms with Gasteiger partial charge < -0.3 is 5.11 Å². The third-order valence-electron chi connectivity index (χ3n) is 4.05. The van der Waals surface area contributed by atoms with Gasteiger partial charge in [0.15, 0.2) is 9.84 Å². The van der Waals surface area contributed by atoms with E-state index in [0.717, 1.165) is 12.3 Å². The molecule has 0 aromatic heterocycles. The van der Waals surface area contributed by atoms with Gasteiger partial charge in [-0.1, -0.05) is 12.8 Å². The van der Waals surface area contributed by atoms with Gasteiger partial charge in [0.1, 0.15) is 5.82 Å². The van der Waals surface area contributed by atoms with Crippen LogP contribution in [0.15, 0.2) is 17.0 Å². The smallest absolute Gasteiger partial charge is 0.314 e. The third-order valence-corrected chi connectivity index (χ3v) is 5.28. The van der Waals surface area contributed by atoms with E-state index in [0.29, 0.717) is 31.2 Å². The molecule has 0 aliphatic heterocycles. The van der Waals surface area contributed by atoms with Gasteiger partial charge in [-0.25, -0.2) is 12.8 Å². The summed E-state index contributed by atoms with van der Waals surface area (Å²) in [4.78, 5) is 11.6. The number of halogens is 1. The Balaban J connectivity index is 2.71. The first kappa shape index (κ1) is 15.0. The summed E-state index contributed by atoms with van der Waals surface area (Å²) in [5, 5.41) is 9.49. The minimum absolute atomic E-state index is 0.00132. The molecule has 4 nitrogen and oxygen atoms in total. The van der Waals surface area contributed by atoms with Crippen LogP contribution in [0, 0.1) is 12.7 Å². The van der Waals surface area contributed by atoms with Crippen LogP contribution in [-0.4, -0.2) is 25.7 Å². The van der Waals surface area contributed by atoms with E-state index < -0.39 is 27.0 Å². The lowest BCUT2D eigenvalue weighted by Crippen LogP contribution is -2.34. The highest BCUT2D eigenvalue weighted by molar-refractivity contribution is 7.90. The zero-order valence-corrected chi connectivity index (χ0v) is 12.3. The lowest BCUT2D eigenvalue weighted by Gasteiger charge is -2.25. The Morgan fingerprint density at radius 1 is 1.30 bits per heavy atom. The highest BCUT2D eigenvalue weighted by Crippen LogP contribution is 2.43. The predicted molar refractivity (Wildman–Crippen MR) is 72.0 cm³/mol. The molecule has 0 bridgehead atoms. The predicted octanol–water partition coefficient (Wildman–Crippen LogP) is 2.43. The fraction of sp³-hybridized carbons (Fsp3) is 0.500. The molecule has 6 heteroatoms. The molecule has 0 atom stereocenters. The van der Waals surface area contributed by atoms with Crippen LogP contribution in [0.1, 0.15) is 36.8 Å². The Hall–Kier alpha value is -1.43. The number of carbonyl (C=O) groups is 1. The van der Waals surface area contributed by atoms with E-state index in [2.05, 4.69) is 0 Å². The Morgan fingerprint density at radius 2 is 1.85 bits per heavy atom. The van der Waals surface area contributed by atoms with E-state index in [1.807, 2.05) is 0 Å². The fourth-order valence-corrected chi connectivity index (χ4v) is 3.97. The lowest BCUT2D eigenvalue weighted by atomic mass is 9.78. The molecule has 1 aromatic rings. The monoisotopic (exact) mass is 300 g/mol. The number of benzene rings is 1. The molecule has 1 aliphatic carbocycles. The van der Waals surface area contributed by atoms with Crippen LogP contribution in [0.5, 0.6) is 0 Å². The summed E-state index contributed by atoms with van der Waals surface area (Å²) in [5.41, 5.74) is -1.00. The molecular weight excluding hydrogens is 283 g/mol. The molecule has 110 valence electrons. The number of aryl methyl sites for hydroxylation is 1. The second kappa shape index (κ2) is 4.84. The standard InChI is InChI=1S/C14H17FO4S/c1-9-7-11(15)10(8-12(9)20(2,18)19)14(13(16)17)5-3-4-6-14/h7-8H,3-6H2,1-2H3,(H,16,17). The third kappa shape index (κ3) is 2.32. The van der Waals surface area contributed by atoms with E-state index in [1.165, 1.54) is 13.0 Å². The van der Waals surface area contributed by atoms with Gasteiger partial charge in [-0.05, 0) is 37.5 Å². The van der Waals surface area contributed by atoms with E-state index in [4.69, 9.17) is 0 Å². The summed E-state index contributed by atoms with van der Waals surface area (Å²) in [7, 11) is -3.51. The van der Waals surface area contributed by atoms with Crippen molar-refractivity contribution in [3.05, 3.63) is 29.1 Å². The van der Waals surface area contributed by atoms with E-state index in [9.17, 15) is 22.7 Å². The molecule has 1 saturated carbocycles. The van der Waals surface area contributed by atoms with Crippen LogP contribution in [0.3, 0.4) is 0 Å². The Labute approximate surface area is 117 Å². The van der Waals surface area contributed by atoms with Gasteiger partial charge in [0.25, 0.3) is 0 Å². The molecular formula is C14H17FO4S. The summed E-state index contributed by atoms with van der Waals surface area (Å²) >= 11 is 0. The van der Waals surface area contributed by atoms with Crippen molar-refractivity contribution in [2.45, 2.75) is 42.9 Å². The zero-order valence-electron chi connectivity index (χ0n) is 11.4. The maximum Gasteiger partial charge on any atom is 0.314 e. The topological polar surface area (TPSA) is 71.4 Å². The minimum Gasteiger partial charge on any atom is -0.481 e. The SMILES string of the molecule is Cc1cc(F)c(C2(C(=O)O)CCCC2)cc1S(C)(=O)=O. The Bertz CT molecular complexity index is 658. The highest BCUT2D eigenvalue weighted by atomic mass is 32.2. The van der Waals surface area contributed by atoms with Gasteiger partial charge in [-0.2, -0.15) is 0 Å². The summed E-state index contributed by atoms with van der Waals surface area (Å²) in [5.74, 6) is -1.73. The number of sulfone groups is 1. The first-order valence-electron chi connectivity index (χ1n) is 6.42. The summed E-state index contributed by atoms with van der Waals surface area (Å²) in [6, 6.07) is 2.33. The molecule has 0 unspecified atom stereocenters. The maximum atomic E-state index is 14.2. The fourth-order valence-electron chi connectivity index (χ4n) is 3.00. The second-order valence-electron chi connectivity index (χ2n) is 5.46. The normalized spacial score (nSPS) is 18.1. The summed E-state index contributed by atoms with van der Waals surface area (Å²) < 4.78 is 37.7. The lowest BCUT2D eigenvalue weighted by molar-refractivity contribution is -0.143. The molecule has 1 N–H and O–H groups in total. The molecule has 1 aromatic carbocycles. The Morgan fingerprint density at radius 3 is 2.30 bits per heavy atom. The van der Waals surface area contributed by atoms with Crippen LogP contribution < -0.4 is 0 Å². The van der Waals surface area contributed by atoms with Gasteiger partial charge in [0, 0.05) is 11.8 Å². The molecule has 1 aliphatic rings. The van der Waals surface area contributed by atoms with Gasteiger partial charge in [-0.15, -0.1) is 0 Å². The van der Waals surface area contributed by atoms with Crippen molar-refractivity contribution in [2.24, 2.45) is 0 Å². The number of aliphatic carboxylic acids is 1. The zero-order chi connectivity index (χ0) is 15.1. The molecule has 1 fully saturated rings. The summed E-state index contributed by atoms with van der Waals surface area (Å²) in [6.45, 7) is 1.51. The summed E-state index contributed by atoms with van der Waals surface area (Å²) in [6.07, 6.45) is 3.12. The molecule has 0 spiro atoms. The number of rotatable bonds is 3. The van der Waals surface area contributed by atoms with Crippen molar-refractivity contribution in [3.63, 3.8) is 0 Å². The van der Waals surface area contributed by atoms with Gasteiger partial charge in [-0.3, -0.25) is 4.79 Å². The van der Waals surface area contributed by atoms with Crippen molar-refractivity contribution in [2.75, 3.05) is 6.26 Å². The van der Waals surface area contributed by atoms with E-state index in [-0.39, 0.29) is 10.5 Å². The molecule has 20 heavy (non-hydrogen) atoms. The van der Waals surface area contributed by atoms with Crippen molar-refractivity contribution >= 4 is 15.8 Å². The number of hydrogen-bond acceptors (Lipinski definition) is 3. The molecule has 0 radical (unpaired) electrons. The number of hydrogen-bond donors (Lipinski definition) is 1. The largest absolute Gasteiger partial charge is 0.481 e. The average Bonchev–Trinajstić information content (AvgIpc) is 2.77. The van der Waals surface area contributed by atoms with E-state index in [1.54, 1.807) is 0 Å². The Kier molecular flexibility index (Phi) is 3.62. The van der Waals surface area contributed by atoms with Gasteiger partial charge >= 0.3 is 5.97 Å². The average molecular weight is 300 g/mol. The molecule has 0 heterocycles. The molecule has 2 rings (SSSR count). The van der Waals surface area contributed by atoms with Crippen LogP contribution in [-0.2, 0) is 20.0 Å². The maximum absolute atomic E-state index is 14.2. The molecule has 0 saturated heterocycles. The first-order chi connectivity index (χ1) is 9.18. The molecule has 0 amide bonds. The number of carboxylic acids is 1. The van der Waals surface area contributed by atoms with Gasteiger partial charge in [0.05, 0.1) is 10.3 Å². The van der Waals surface area contributed by atoms with E-state index >= 15 is 0 Å². The van der Waals surface area contributed by atoms with Crippen molar-refractivity contribution in [3.8, 4) is 0 Å². The minimum atomic E-state index is -3.51. The quantitative estimate of drug-likeness (QED) is 0.870. The van der Waals surface area contributed by atoms with Crippen LogP contribution >= 0.6 is 0 Å². The number of carboxylic acid groups (broad SMARTS) is 1.